The largest absolute Gasteiger partial charge is 0.506 e. The molecule has 5 heteroatoms. The second-order valence-electron chi connectivity index (χ2n) is 5.14. The van der Waals surface area contributed by atoms with E-state index in [-0.39, 0.29) is 16.5 Å². The van der Waals surface area contributed by atoms with Gasteiger partial charge in [0, 0.05) is 16.8 Å². The maximum absolute atomic E-state index is 9.92. The third kappa shape index (κ3) is 3.73. The van der Waals surface area contributed by atoms with Gasteiger partial charge in [-0.2, -0.15) is 0 Å². The van der Waals surface area contributed by atoms with Gasteiger partial charge in [-0.25, -0.2) is 0 Å². The minimum absolute atomic E-state index is 0.0796. The van der Waals surface area contributed by atoms with Gasteiger partial charge in [0.15, 0.2) is 0 Å². The van der Waals surface area contributed by atoms with Gasteiger partial charge >= 0.3 is 0 Å². The van der Waals surface area contributed by atoms with Crippen molar-refractivity contribution in [2.24, 2.45) is 4.99 Å². The molecule has 0 radical (unpaired) electrons. The monoisotopic (exact) mass is 337 g/mol. The molecular weight excluding hydrogens is 321 g/mol. The van der Waals surface area contributed by atoms with E-state index in [9.17, 15) is 10.2 Å². The number of hydrogen-bond donors (Lipinski definition) is 2. The first-order valence-corrected chi connectivity index (χ1v) is 7.73. The molecule has 0 heterocycles. The second kappa shape index (κ2) is 7.03. The van der Waals surface area contributed by atoms with E-state index in [0.29, 0.717) is 22.2 Å². The molecule has 0 spiro atoms. The van der Waals surface area contributed by atoms with Crippen LogP contribution in [-0.2, 0) is 0 Å². The fourth-order valence-electron chi connectivity index (χ4n) is 2.01. The van der Waals surface area contributed by atoms with Gasteiger partial charge in [0.05, 0.1) is 5.02 Å². The highest BCUT2D eigenvalue weighted by atomic mass is 35.5. The first-order chi connectivity index (χ1) is 10.4. The van der Waals surface area contributed by atoms with Crippen LogP contribution in [0.25, 0.3) is 0 Å². The molecule has 0 saturated heterocycles. The SMILES string of the molecule is CCC(C)c1ccc(O)c(N=Cc2cc(Cl)cc(Cl)c2O)c1. The molecule has 2 aromatic carbocycles. The number of phenolic OH excluding ortho intramolecular Hbond substituents is 2. The lowest BCUT2D eigenvalue weighted by atomic mass is 9.98. The van der Waals surface area contributed by atoms with Gasteiger partial charge in [-0.05, 0) is 42.2 Å². The Morgan fingerprint density at radius 1 is 1.18 bits per heavy atom. The zero-order valence-corrected chi connectivity index (χ0v) is 13.9. The molecule has 0 saturated carbocycles. The fourth-order valence-corrected chi connectivity index (χ4v) is 2.52. The van der Waals surface area contributed by atoms with Gasteiger partial charge in [0.1, 0.15) is 17.2 Å². The second-order valence-corrected chi connectivity index (χ2v) is 5.98. The number of aromatic hydroxyl groups is 2. The molecule has 1 unspecified atom stereocenters. The number of nitrogens with zero attached hydrogens (tertiary/aromatic N) is 1. The molecule has 0 aromatic heterocycles. The van der Waals surface area contributed by atoms with Crippen LogP contribution in [0.2, 0.25) is 10.0 Å². The summed E-state index contributed by atoms with van der Waals surface area (Å²) in [6, 6.07) is 8.36. The minimum atomic E-state index is -0.0904. The third-order valence-electron chi connectivity index (χ3n) is 3.58. The lowest BCUT2D eigenvalue weighted by molar-refractivity contribution is 0.474. The molecule has 116 valence electrons. The maximum atomic E-state index is 9.92. The third-order valence-corrected chi connectivity index (χ3v) is 4.09. The molecule has 22 heavy (non-hydrogen) atoms. The standard InChI is InChI=1S/C17H17Cl2NO2/c1-3-10(2)11-4-5-16(21)15(7-11)20-9-12-6-13(18)8-14(19)17(12)22/h4-10,21-22H,3H2,1-2H3. The van der Waals surface area contributed by atoms with E-state index in [1.807, 2.05) is 12.1 Å². The fraction of sp³-hybridized carbons (Fsp3) is 0.235. The highest BCUT2D eigenvalue weighted by Gasteiger charge is 2.08. The summed E-state index contributed by atoms with van der Waals surface area (Å²) in [5.74, 6) is 0.367. The summed E-state index contributed by atoms with van der Waals surface area (Å²) in [7, 11) is 0. The van der Waals surface area contributed by atoms with Crippen molar-refractivity contribution in [2.45, 2.75) is 26.2 Å². The zero-order chi connectivity index (χ0) is 16.3. The van der Waals surface area contributed by atoms with Crippen LogP contribution in [0.15, 0.2) is 35.3 Å². The molecule has 2 N–H and O–H groups in total. The number of halogens is 2. The van der Waals surface area contributed by atoms with E-state index >= 15 is 0 Å². The normalized spacial score (nSPS) is 12.7. The van der Waals surface area contributed by atoms with Crippen molar-refractivity contribution in [3.63, 3.8) is 0 Å². The Labute approximate surface area is 139 Å². The molecule has 0 aliphatic rings. The number of aliphatic imine (C=N–C) groups is 1. The van der Waals surface area contributed by atoms with Crippen molar-refractivity contribution in [1.29, 1.82) is 0 Å². The first kappa shape index (κ1) is 16.7. The van der Waals surface area contributed by atoms with Crippen LogP contribution < -0.4 is 0 Å². The predicted molar refractivity (Wildman–Crippen MR) is 92.2 cm³/mol. The summed E-state index contributed by atoms with van der Waals surface area (Å²) in [4.78, 5) is 4.24. The molecule has 3 nitrogen and oxygen atoms in total. The van der Waals surface area contributed by atoms with Crippen molar-refractivity contribution in [1.82, 2.24) is 0 Å². The van der Waals surface area contributed by atoms with Crippen LogP contribution in [0.5, 0.6) is 11.5 Å². The molecule has 0 aliphatic carbocycles. The number of phenols is 2. The van der Waals surface area contributed by atoms with Crippen LogP contribution in [0.1, 0.15) is 37.3 Å². The Hall–Kier alpha value is -1.71. The summed E-state index contributed by atoms with van der Waals surface area (Å²) >= 11 is 11.8. The molecular formula is C17H17Cl2NO2. The van der Waals surface area contributed by atoms with Crippen LogP contribution in [0, 0.1) is 0 Å². The Morgan fingerprint density at radius 2 is 1.91 bits per heavy atom. The van der Waals surface area contributed by atoms with Gasteiger partial charge in [-0.1, -0.05) is 43.1 Å². The Morgan fingerprint density at radius 3 is 2.59 bits per heavy atom. The van der Waals surface area contributed by atoms with Gasteiger partial charge in [-0.15, -0.1) is 0 Å². The predicted octanol–water partition coefficient (Wildman–Crippen LogP) is 5.67. The van der Waals surface area contributed by atoms with E-state index in [2.05, 4.69) is 18.8 Å². The minimum Gasteiger partial charge on any atom is -0.506 e. The number of rotatable bonds is 4. The molecule has 0 fully saturated rings. The summed E-state index contributed by atoms with van der Waals surface area (Å²) in [6.07, 6.45) is 2.43. The Bertz CT molecular complexity index is 714. The molecule has 0 amide bonds. The van der Waals surface area contributed by atoms with Crippen LogP contribution in [0.3, 0.4) is 0 Å². The van der Waals surface area contributed by atoms with Crippen LogP contribution >= 0.6 is 23.2 Å². The van der Waals surface area contributed by atoms with Gasteiger partial charge in [-0.3, -0.25) is 4.99 Å². The van der Waals surface area contributed by atoms with E-state index < -0.39 is 0 Å². The van der Waals surface area contributed by atoms with Crippen molar-refractivity contribution >= 4 is 35.1 Å². The average molecular weight is 338 g/mol. The Balaban J connectivity index is 2.38. The van der Waals surface area contributed by atoms with Gasteiger partial charge in [0.2, 0.25) is 0 Å². The lowest BCUT2D eigenvalue weighted by Crippen LogP contribution is -1.90. The van der Waals surface area contributed by atoms with Crippen LogP contribution in [0.4, 0.5) is 5.69 Å². The molecule has 0 aliphatic heterocycles. The molecule has 2 rings (SSSR count). The summed E-state index contributed by atoms with van der Waals surface area (Å²) in [5, 5.41) is 20.4. The topological polar surface area (TPSA) is 52.8 Å². The quantitative estimate of drug-likeness (QED) is 0.706. The Kier molecular flexibility index (Phi) is 5.33. The van der Waals surface area contributed by atoms with E-state index in [1.165, 1.54) is 12.3 Å². The van der Waals surface area contributed by atoms with Crippen molar-refractivity contribution in [3.05, 3.63) is 51.5 Å². The number of hydrogen-bond acceptors (Lipinski definition) is 3. The highest BCUT2D eigenvalue weighted by molar-refractivity contribution is 6.36. The van der Waals surface area contributed by atoms with E-state index in [1.54, 1.807) is 12.1 Å². The lowest BCUT2D eigenvalue weighted by Gasteiger charge is -2.10. The van der Waals surface area contributed by atoms with Crippen molar-refractivity contribution in [2.75, 3.05) is 0 Å². The van der Waals surface area contributed by atoms with Gasteiger partial charge in [0.25, 0.3) is 0 Å². The van der Waals surface area contributed by atoms with Gasteiger partial charge < -0.3 is 10.2 Å². The van der Waals surface area contributed by atoms with Crippen LogP contribution in [-0.4, -0.2) is 16.4 Å². The van der Waals surface area contributed by atoms with E-state index in [0.717, 1.165) is 12.0 Å². The summed E-state index contributed by atoms with van der Waals surface area (Å²) in [5.41, 5.74) is 1.93. The summed E-state index contributed by atoms with van der Waals surface area (Å²) in [6.45, 7) is 4.22. The molecule has 0 bridgehead atoms. The smallest absolute Gasteiger partial charge is 0.143 e. The maximum Gasteiger partial charge on any atom is 0.143 e. The molecule has 2 aromatic rings. The zero-order valence-electron chi connectivity index (χ0n) is 12.3. The number of benzene rings is 2. The summed E-state index contributed by atoms with van der Waals surface area (Å²) < 4.78 is 0. The average Bonchev–Trinajstić information content (AvgIpc) is 2.50. The molecule has 1 atom stereocenters. The first-order valence-electron chi connectivity index (χ1n) is 6.97. The van der Waals surface area contributed by atoms with Crippen molar-refractivity contribution in [3.8, 4) is 11.5 Å². The van der Waals surface area contributed by atoms with E-state index in [4.69, 9.17) is 23.2 Å². The highest BCUT2D eigenvalue weighted by Crippen LogP contribution is 2.33. The van der Waals surface area contributed by atoms with Crippen molar-refractivity contribution < 1.29 is 10.2 Å².